The number of hydrogen-bond acceptors (Lipinski definition) is 1. The number of aryl methyl sites for hydroxylation is 1. The summed E-state index contributed by atoms with van der Waals surface area (Å²) in [6.45, 7) is 8.91. The van der Waals surface area contributed by atoms with Gasteiger partial charge in [0.25, 0.3) is 0 Å². The van der Waals surface area contributed by atoms with Crippen molar-refractivity contribution >= 4 is 8.32 Å². The quantitative estimate of drug-likeness (QED) is 0.480. The van der Waals surface area contributed by atoms with Gasteiger partial charge in [-0.15, -0.1) is 0 Å². The second-order valence-corrected chi connectivity index (χ2v) is 9.46. The lowest BCUT2D eigenvalue weighted by molar-refractivity contribution is 0.539. The topological polar surface area (TPSA) is 9.23 Å². The molecule has 0 amide bonds. The second kappa shape index (κ2) is 4.09. The predicted octanol–water partition coefficient (Wildman–Crippen LogP) is 4.25. The van der Waals surface area contributed by atoms with Gasteiger partial charge in [0, 0.05) is 5.92 Å². The summed E-state index contributed by atoms with van der Waals surface area (Å²) in [5, 5.41) is 0. The molecule has 1 aromatic rings. The van der Waals surface area contributed by atoms with Crippen molar-refractivity contribution in [2.45, 2.75) is 38.9 Å². The van der Waals surface area contributed by atoms with Gasteiger partial charge in [0.15, 0.2) is 0 Å². The Hall–Kier alpha value is -1.02. The van der Waals surface area contributed by atoms with Gasteiger partial charge in [-0.2, -0.15) is 0 Å². The van der Waals surface area contributed by atoms with E-state index < -0.39 is 8.32 Å². The smallest absolute Gasteiger partial charge is 0.248 e. The molecule has 2 rings (SSSR count). The average molecular weight is 232 g/mol. The Balaban J connectivity index is 2.48. The Bertz CT molecular complexity index is 421. The van der Waals surface area contributed by atoms with Crippen LogP contribution in [0.5, 0.6) is 5.75 Å². The van der Waals surface area contributed by atoms with Gasteiger partial charge in [-0.25, -0.2) is 0 Å². The van der Waals surface area contributed by atoms with Gasteiger partial charge in [-0.05, 0) is 43.3 Å². The fraction of sp³-hybridized carbons (Fsp3) is 0.429. The molecule has 86 valence electrons. The Kier molecular flexibility index (Phi) is 2.93. The molecule has 1 atom stereocenters. The molecule has 1 aromatic carbocycles. The van der Waals surface area contributed by atoms with Crippen molar-refractivity contribution in [2.75, 3.05) is 0 Å². The highest BCUT2D eigenvalue weighted by molar-refractivity contribution is 6.72. The van der Waals surface area contributed by atoms with Crippen molar-refractivity contribution in [3.05, 3.63) is 41.5 Å². The Morgan fingerprint density at radius 2 is 2.06 bits per heavy atom. The molecule has 0 saturated heterocycles. The summed E-state index contributed by atoms with van der Waals surface area (Å²) in [6, 6.07) is 7.66. The van der Waals surface area contributed by atoms with Gasteiger partial charge >= 0.3 is 0 Å². The van der Waals surface area contributed by atoms with Crippen LogP contribution < -0.4 is 4.43 Å². The first kappa shape index (κ1) is 11.5. The Morgan fingerprint density at radius 1 is 1.31 bits per heavy atom. The van der Waals surface area contributed by atoms with Crippen molar-refractivity contribution in [3.63, 3.8) is 0 Å². The van der Waals surface area contributed by atoms with E-state index in [0.29, 0.717) is 5.92 Å². The van der Waals surface area contributed by atoms with E-state index in [-0.39, 0.29) is 0 Å². The van der Waals surface area contributed by atoms with E-state index in [4.69, 9.17) is 4.43 Å². The third-order valence-electron chi connectivity index (χ3n) is 3.08. The van der Waals surface area contributed by atoms with Gasteiger partial charge < -0.3 is 4.43 Å². The number of hydrogen-bond donors (Lipinski definition) is 0. The summed E-state index contributed by atoms with van der Waals surface area (Å²) >= 11 is 0. The first-order chi connectivity index (χ1) is 7.48. The van der Waals surface area contributed by atoms with E-state index in [1.165, 1.54) is 11.1 Å². The molecule has 0 bridgehead atoms. The molecule has 0 aliphatic carbocycles. The zero-order chi connectivity index (χ0) is 11.8. The van der Waals surface area contributed by atoms with Crippen LogP contribution in [0.3, 0.4) is 0 Å². The van der Waals surface area contributed by atoms with Gasteiger partial charge in [0.05, 0.1) is 0 Å². The third-order valence-corrected chi connectivity index (χ3v) is 5.07. The molecule has 0 unspecified atom stereocenters. The SMILES string of the molecule is Cc1ccc2c(c1)O[Si](C)(C)C/C=C\[C@@H]2C. The van der Waals surface area contributed by atoms with E-state index >= 15 is 0 Å². The summed E-state index contributed by atoms with van der Waals surface area (Å²) in [5.74, 6) is 1.56. The average Bonchev–Trinajstić information content (AvgIpc) is 2.14. The van der Waals surface area contributed by atoms with Gasteiger partial charge in [-0.3, -0.25) is 0 Å². The Labute approximate surface area is 99.3 Å². The normalized spacial score (nSPS) is 24.9. The van der Waals surface area contributed by atoms with Gasteiger partial charge in [0.2, 0.25) is 8.32 Å². The minimum Gasteiger partial charge on any atom is -0.544 e. The van der Waals surface area contributed by atoms with Gasteiger partial charge in [-0.1, -0.05) is 31.2 Å². The number of allylic oxidation sites excluding steroid dienone is 2. The van der Waals surface area contributed by atoms with Crippen molar-refractivity contribution in [1.29, 1.82) is 0 Å². The van der Waals surface area contributed by atoms with E-state index in [9.17, 15) is 0 Å². The molecule has 0 N–H and O–H groups in total. The van der Waals surface area contributed by atoms with Crippen LogP contribution in [0.25, 0.3) is 0 Å². The van der Waals surface area contributed by atoms with E-state index in [0.717, 1.165) is 11.8 Å². The highest BCUT2D eigenvalue weighted by atomic mass is 28.4. The van der Waals surface area contributed by atoms with Crippen LogP contribution in [0.4, 0.5) is 0 Å². The molecule has 0 fully saturated rings. The van der Waals surface area contributed by atoms with Crippen LogP contribution in [0.2, 0.25) is 19.1 Å². The molecular weight excluding hydrogens is 212 g/mol. The molecule has 1 aliphatic rings. The molecule has 0 aromatic heterocycles. The largest absolute Gasteiger partial charge is 0.544 e. The molecule has 2 heteroatoms. The number of fused-ring (bicyclic) bond motifs is 1. The lowest BCUT2D eigenvalue weighted by Gasteiger charge is -2.28. The molecule has 0 radical (unpaired) electrons. The lowest BCUT2D eigenvalue weighted by atomic mass is 9.98. The number of rotatable bonds is 0. The summed E-state index contributed by atoms with van der Waals surface area (Å²) < 4.78 is 6.26. The molecule has 1 aliphatic heterocycles. The number of benzene rings is 1. The molecule has 16 heavy (non-hydrogen) atoms. The highest BCUT2D eigenvalue weighted by Crippen LogP contribution is 2.33. The lowest BCUT2D eigenvalue weighted by Crippen LogP contribution is -2.34. The maximum absolute atomic E-state index is 6.26. The summed E-state index contributed by atoms with van der Waals surface area (Å²) in [6.07, 6.45) is 4.60. The zero-order valence-electron chi connectivity index (χ0n) is 10.6. The van der Waals surface area contributed by atoms with E-state index in [2.05, 4.69) is 57.3 Å². The van der Waals surface area contributed by atoms with Crippen molar-refractivity contribution in [2.24, 2.45) is 0 Å². The van der Waals surface area contributed by atoms with Gasteiger partial charge in [0.1, 0.15) is 5.75 Å². The highest BCUT2D eigenvalue weighted by Gasteiger charge is 2.26. The fourth-order valence-electron chi connectivity index (χ4n) is 2.11. The zero-order valence-corrected chi connectivity index (χ0v) is 11.6. The monoisotopic (exact) mass is 232 g/mol. The van der Waals surface area contributed by atoms with Crippen LogP contribution in [0.15, 0.2) is 30.4 Å². The van der Waals surface area contributed by atoms with Crippen LogP contribution >= 0.6 is 0 Å². The molecule has 0 saturated carbocycles. The maximum Gasteiger partial charge on any atom is 0.248 e. The molecule has 1 heterocycles. The fourth-order valence-corrected chi connectivity index (χ4v) is 3.66. The van der Waals surface area contributed by atoms with E-state index in [1.54, 1.807) is 0 Å². The van der Waals surface area contributed by atoms with Crippen LogP contribution in [-0.4, -0.2) is 8.32 Å². The summed E-state index contributed by atoms with van der Waals surface area (Å²) in [5.41, 5.74) is 2.60. The standard InChI is InChI=1S/C14H20OSi/c1-11-7-8-13-12(2)6-5-9-16(3,4)15-14(13)10-11/h5-8,10,12H,9H2,1-4H3/b6-5-/t12-/m0/s1. The second-order valence-electron chi connectivity index (χ2n) is 5.32. The summed E-state index contributed by atoms with van der Waals surface area (Å²) in [7, 11) is -1.56. The maximum atomic E-state index is 6.26. The Morgan fingerprint density at radius 3 is 2.81 bits per heavy atom. The minimum atomic E-state index is -1.56. The minimum absolute atomic E-state index is 0.459. The predicted molar refractivity (Wildman–Crippen MR) is 71.7 cm³/mol. The van der Waals surface area contributed by atoms with Crippen LogP contribution in [0, 0.1) is 6.92 Å². The van der Waals surface area contributed by atoms with E-state index in [1.807, 2.05) is 0 Å². The van der Waals surface area contributed by atoms with Crippen LogP contribution in [0.1, 0.15) is 24.0 Å². The van der Waals surface area contributed by atoms with Crippen LogP contribution in [-0.2, 0) is 0 Å². The first-order valence-corrected chi connectivity index (χ1v) is 9.06. The van der Waals surface area contributed by atoms with Crippen molar-refractivity contribution < 1.29 is 4.43 Å². The summed E-state index contributed by atoms with van der Waals surface area (Å²) in [4.78, 5) is 0. The molecule has 1 nitrogen and oxygen atoms in total. The first-order valence-electron chi connectivity index (χ1n) is 5.94. The van der Waals surface area contributed by atoms with Crippen molar-refractivity contribution in [1.82, 2.24) is 0 Å². The molecular formula is C14H20OSi. The van der Waals surface area contributed by atoms with Crippen molar-refractivity contribution in [3.8, 4) is 5.75 Å². The molecule has 0 spiro atoms. The third kappa shape index (κ3) is 2.38.